The van der Waals surface area contributed by atoms with Gasteiger partial charge < -0.3 is 0 Å². The summed E-state index contributed by atoms with van der Waals surface area (Å²) in [5.74, 6) is 1.56. The van der Waals surface area contributed by atoms with Crippen LogP contribution in [0.3, 0.4) is 0 Å². The number of hydrogen-bond acceptors (Lipinski definition) is 0. The van der Waals surface area contributed by atoms with Gasteiger partial charge in [0.05, 0.1) is 0 Å². The molecule has 161 valence electrons. The summed E-state index contributed by atoms with van der Waals surface area (Å²) in [5, 5.41) is 0. The van der Waals surface area contributed by atoms with E-state index in [-0.39, 0.29) is 24.8 Å². The maximum absolute atomic E-state index is 2.57. The molecule has 0 heterocycles. The topological polar surface area (TPSA) is 0 Å². The minimum atomic E-state index is 0. The third kappa shape index (κ3) is 5.71. The smallest absolute Gasteiger partial charge is 0.147 e. The molecule has 0 radical (unpaired) electrons. The van der Waals surface area contributed by atoms with Crippen molar-refractivity contribution < 1.29 is 24.7 Å². The molecular formula is C27H35Cl2Zr. The fourth-order valence-corrected chi connectivity index (χ4v) is 6.13. The zero-order chi connectivity index (χ0) is 19.5. The second kappa shape index (κ2) is 12.0. The van der Waals surface area contributed by atoms with E-state index in [2.05, 4.69) is 62.4 Å². The van der Waals surface area contributed by atoms with Gasteiger partial charge in [0.2, 0.25) is 0 Å². The summed E-state index contributed by atoms with van der Waals surface area (Å²) < 4.78 is 0.671. The summed E-state index contributed by atoms with van der Waals surface area (Å²) in [6.07, 6.45) is 13.8. The van der Waals surface area contributed by atoms with E-state index in [1.54, 1.807) is 35.9 Å². The number of benzene rings is 2. The first-order valence-corrected chi connectivity index (χ1v) is 12.7. The fraction of sp³-hybridized carbons (Fsp3) is 0.481. The van der Waals surface area contributed by atoms with E-state index in [1.807, 2.05) is 0 Å². The van der Waals surface area contributed by atoms with Crippen LogP contribution in [-0.2, 0) is 24.7 Å². The first kappa shape index (κ1) is 25.9. The van der Waals surface area contributed by atoms with Crippen molar-refractivity contribution in [3.8, 4) is 11.1 Å². The van der Waals surface area contributed by atoms with Gasteiger partial charge in [-0.05, 0) is 0 Å². The van der Waals surface area contributed by atoms with Crippen LogP contribution in [0, 0.1) is 5.92 Å². The molecule has 0 nitrogen and oxygen atoms in total. The SMILES string of the molecule is CCC(C)c1ccc(-c2cccc3c2C=C(CC2CCCCCC2)[CH]3[Zr])cc1.Cl.Cl. The van der Waals surface area contributed by atoms with Crippen LogP contribution in [0.4, 0.5) is 0 Å². The predicted molar refractivity (Wildman–Crippen MR) is 132 cm³/mol. The van der Waals surface area contributed by atoms with Gasteiger partial charge in [-0.15, -0.1) is 24.8 Å². The number of halogens is 2. The van der Waals surface area contributed by atoms with E-state index in [0.717, 1.165) is 5.92 Å². The summed E-state index contributed by atoms with van der Waals surface area (Å²) in [6, 6.07) is 16.3. The van der Waals surface area contributed by atoms with E-state index >= 15 is 0 Å². The summed E-state index contributed by atoms with van der Waals surface area (Å²) in [7, 11) is 0. The Bertz CT molecular complexity index is 832. The standard InChI is InChI=1S/C27H33.2ClH.Zr/c1-3-20(2)23-13-15-24(16-14-23)26-12-8-11-25-18-22(19-27(25)26)17-21-9-6-4-5-7-10-21;;;/h8,11-16,18-21H,3-7,9-10,17H2,1-2H3;2*1H;. The Labute approximate surface area is 211 Å². The van der Waals surface area contributed by atoms with Crippen molar-refractivity contribution in [2.45, 2.75) is 74.8 Å². The van der Waals surface area contributed by atoms with E-state index in [9.17, 15) is 0 Å². The van der Waals surface area contributed by atoms with Gasteiger partial charge in [-0.2, -0.15) is 0 Å². The maximum atomic E-state index is 2.57. The van der Waals surface area contributed by atoms with Crippen molar-refractivity contribution in [1.82, 2.24) is 0 Å². The molecule has 0 bridgehead atoms. The van der Waals surface area contributed by atoms with Crippen LogP contribution < -0.4 is 0 Å². The van der Waals surface area contributed by atoms with Gasteiger partial charge in [-0.25, -0.2) is 0 Å². The largest absolute Gasteiger partial charge is 0.147 e. The Kier molecular flexibility index (Phi) is 10.4. The molecule has 2 atom stereocenters. The minimum Gasteiger partial charge on any atom is -0.147 e. The molecule has 3 heteroatoms. The zero-order valence-corrected chi connectivity index (χ0v) is 22.4. The zero-order valence-electron chi connectivity index (χ0n) is 18.3. The average molecular weight is 522 g/mol. The fourth-order valence-electron chi connectivity index (χ4n) is 5.02. The van der Waals surface area contributed by atoms with Crippen molar-refractivity contribution in [3.63, 3.8) is 0 Å². The first-order valence-electron chi connectivity index (χ1n) is 11.3. The van der Waals surface area contributed by atoms with E-state index in [0.29, 0.717) is 9.54 Å². The van der Waals surface area contributed by atoms with Crippen LogP contribution in [0.5, 0.6) is 0 Å². The van der Waals surface area contributed by atoms with Crippen LogP contribution in [-0.4, -0.2) is 0 Å². The van der Waals surface area contributed by atoms with Crippen molar-refractivity contribution in [1.29, 1.82) is 0 Å². The number of fused-ring (bicyclic) bond motifs is 1. The van der Waals surface area contributed by atoms with Crippen LogP contribution >= 0.6 is 24.8 Å². The van der Waals surface area contributed by atoms with Crippen LogP contribution in [0.2, 0.25) is 0 Å². The Morgan fingerprint density at radius 2 is 1.60 bits per heavy atom. The third-order valence-electron chi connectivity index (χ3n) is 7.05. The minimum absolute atomic E-state index is 0. The van der Waals surface area contributed by atoms with Gasteiger partial charge in [0, 0.05) is 0 Å². The molecule has 0 aliphatic heterocycles. The van der Waals surface area contributed by atoms with Crippen LogP contribution in [0.15, 0.2) is 48.0 Å². The molecule has 0 N–H and O–H groups in total. The van der Waals surface area contributed by atoms with Crippen molar-refractivity contribution in [3.05, 3.63) is 64.7 Å². The van der Waals surface area contributed by atoms with Gasteiger partial charge in [-0.1, -0.05) is 0 Å². The molecule has 2 aromatic rings. The predicted octanol–water partition coefficient (Wildman–Crippen LogP) is 9.06. The molecule has 2 aliphatic carbocycles. The molecule has 0 spiro atoms. The van der Waals surface area contributed by atoms with Crippen LogP contribution in [0.1, 0.15) is 91.4 Å². The van der Waals surface area contributed by atoms with Gasteiger partial charge in [-0.3, -0.25) is 0 Å². The molecule has 2 aromatic carbocycles. The molecule has 2 aliphatic rings. The second-order valence-electron chi connectivity index (χ2n) is 8.95. The Morgan fingerprint density at radius 3 is 2.23 bits per heavy atom. The van der Waals surface area contributed by atoms with Crippen molar-refractivity contribution in [2.24, 2.45) is 5.92 Å². The normalized spacial score (nSPS) is 19.6. The molecule has 0 saturated heterocycles. The Balaban J connectivity index is 0.00000160. The molecule has 2 unspecified atom stereocenters. The van der Waals surface area contributed by atoms with Gasteiger partial charge in [0.15, 0.2) is 0 Å². The molecule has 1 saturated carbocycles. The summed E-state index contributed by atoms with van der Waals surface area (Å²) in [4.78, 5) is 0. The monoisotopic (exact) mass is 519 g/mol. The Morgan fingerprint density at radius 1 is 0.933 bits per heavy atom. The summed E-state index contributed by atoms with van der Waals surface area (Å²) in [6.45, 7) is 4.59. The van der Waals surface area contributed by atoms with E-state index < -0.39 is 0 Å². The average Bonchev–Trinajstić information content (AvgIpc) is 2.89. The van der Waals surface area contributed by atoms with Crippen molar-refractivity contribution in [2.75, 3.05) is 0 Å². The molecule has 1 fully saturated rings. The first-order chi connectivity index (χ1) is 13.7. The third-order valence-corrected chi connectivity index (χ3v) is 8.73. The van der Waals surface area contributed by atoms with Crippen molar-refractivity contribution >= 4 is 30.9 Å². The second-order valence-corrected chi connectivity index (χ2v) is 10.4. The maximum Gasteiger partial charge on any atom is -0.147 e. The molecular weight excluding hydrogens is 486 g/mol. The van der Waals surface area contributed by atoms with E-state index in [1.165, 1.54) is 73.6 Å². The molecule has 0 amide bonds. The van der Waals surface area contributed by atoms with Gasteiger partial charge in [0.25, 0.3) is 0 Å². The number of hydrogen-bond donors (Lipinski definition) is 0. The van der Waals surface area contributed by atoms with Gasteiger partial charge >= 0.3 is 187 Å². The molecule has 30 heavy (non-hydrogen) atoms. The van der Waals surface area contributed by atoms with Gasteiger partial charge in [0.1, 0.15) is 0 Å². The Hall–Kier alpha value is -0.357. The van der Waals surface area contributed by atoms with E-state index in [4.69, 9.17) is 0 Å². The summed E-state index contributed by atoms with van der Waals surface area (Å²) in [5.41, 5.74) is 9.05. The van der Waals surface area contributed by atoms with Crippen LogP contribution in [0.25, 0.3) is 17.2 Å². The quantitative estimate of drug-likeness (QED) is 0.344. The number of allylic oxidation sites excluding steroid dienone is 1. The molecule has 0 aromatic heterocycles. The molecule has 4 rings (SSSR count). The number of rotatable bonds is 5. The summed E-state index contributed by atoms with van der Waals surface area (Å²) >= 11 is 1.65.